The number of nitrogens with zero attached hydrogens (tertiary/aromatic N) is 3. The van der Waals surface area contributed by atoms with Crippen molar-refractivity contribution in [2.75, 3.05) is 13.0 Å². The standard InChI is InChI=1S/C16H15FN4O3S/c1-9-12(5-6-24-9)14-19-20-16(21(14)18)25-8-10-3-4-11(17)7-13(10)15(22)23-2/h3-7H,8,18H2,1-2H3. The fourth-order valence-corrected chi connectivity index (χ4v) is 3.15. The molecule has 0 atom stereocenters. The number of rotatable bonds is 5. The molecule has 9 heteroatoms. The quantitative estimate of drug-likeness (QED) is 0.423. The highest BCUT2D eigenvalue weighted by Crippen LogP contribution is 2.27. The van der Waals surface area contributed by atoms with Crippen LogP contribution in [0.2, 0.25) is 0 Å². The van der Waals surface area contributed by atoms with Crippen molar-refractivity contribution in [1.29, 1.82) is 0 Å². The van der Waals surface area contributed by atoms with Crippen molar-refractivity contribution in [3.05, 3.63) is 53.2 Å². The van der Waals surface area contributed by atoms with E-state index in [9.17, 15) is 9.18 Å². The zero-order valence-electron chi connectivity index (χ0n) is 13.5. The van der Waals surface area contributed by atoms with E-state index >= 15 is 0 Å². The Morgan fingerprint density at radius 2 is 2.20 bits per heavy atom. The van der Waals surface area contributed by atoms with Crippen LogP contribution in [0.15, 0.2) is 40.1 Å². The number of carbonyl (C=O) groups is 1. The zero-order valence-corrected chi connectivity index (χ0v) is 14.3. The summed E-state index contributed by atoms with van der Waals surface area (Å²) < 4.78 is 24.7. The fourth-order valence-electron chi connectivity index (χ4n) is 2.29. The molecule has 0 fully saturated rings. The van der Waals surface area contributed by atoms with Gasteiger partial charge in [0.2, 0.25) is 5.16 Å². The van der Waals surface area contributed by atoms with Crippen LogP contribution in [-0.4, -0.2) is 28.0 Å². The molecule has 0 spiro atoms. The number of aromatic nitrogens is 3. The summed E-state index contributed by atoms with van der Waals surface area (Å²) in [6.45, 7) is 1.80. The van der Waals surface area contributed by atoms with E-state index in [0.717, 1.165) is 11.6 Å². The molecule has 0 bridgehead atoms. The highest BCUT2D eigenvalue weighted by molar-refractivity contribution is 7.98. The van der Waals surface area contributed by atoms with Crippen LogP contribution >= 0.6 is 11.8 Å². The minimum Gasteiger partial charge on any atom is -0.469 e. The Morgan fingerprint density at radius 1 is 1.40 bits per heavy atom. The van der Waals surface area contributed by atoms with Crippen molar-refractivity contribution in [1.82, 2.24) is 14.9 Å². The van der Waals surface area contributed by atoms with Crippen molar-refractivity contribution in [3.8, 4) is 11.4 Å². The second-order valence-electron chi connectivity index (χ2n) is 5.15. The molecule has 1 aromatic carbocycles. The summed E-state index contributed by atoms with van der Waals surface area (Å²) in [7, 11) is 1.25. The molecule has 2 heterocycles. The molecule has 7 nitrogen and oxygen atoms in total. The third kappa shape index (κ3) is 3.36. The Bertz CT molecular complexity index is 922. The van der Waals surface area contributed by atoms with Gasteiger partial charge >= 0.3 is 5.97 Å². The SMILES string of the molecule is COC(=O)c1cc(F)ccc1CSc1nnc(-c2ccoc2C)n1N. The van der Waals surface area contributed by atoms with Gasteiger partial charge in [0.25, 0.3) is 0 Å². The molecule has 0 aliphatic carbocycles. The molecule has 0 amide bonds. The van der Waals surface area contributed by atoms with Gasteiger partial charge in [0.05, 0.1) is 24.5 Å². The minimum absolute atomic E-state index is 0.170. The van der Waals surface area contributed by atoms with E-state index in [1.54, 1.807) is 19.3 Å². The van der Waals surface area contributed by atoms with E-state index in [1.165, 1.54) is 35.7 Å². The van der Waals surface area contributed by atoms with E-state index in [0.29, 0.717) is 28.1 Å². The van der Waals surface area contributed by atoms with Crippen LogP contribution in [0.25, 0.3) is 11.4 Å². The first-order chi connectivity index (χ1) is 12.0. The van der Waals surface area contributed by atoms with Crippen LogP contribution in [0, 0.1) is 12.7 Å². The number of carbonyl (C=O) groups excluding carboxylic acids is 1. The van der Waals surface area contributed by atoms with E-state index in [-0.39, 0.29) is 5.56 Å². The van der Waals surface area contributed by atoms with Gasteiger partial charge in [0, 0.05) is 5.75 Å². The highest BCUT2D eigenvalue weighted by atomic mass is 32.2. The van der Waals surface area contributed by atoms with Gasteiger partial charge in [0.1, 0.15) is 11.6 Å². The number of furan rings is 1. The van der Waals surface area contributed by atoms with Crippen molar-refractivity contribution in [3.63, 3.8) is 0 Å². The van der Waals surface area contributed by atoms with Crippen LogP contribution in [0.4, 0.5) is 4.39 Å². The second kappa shape index (κ2) is 6.98. The van der Waals surface area contributed by atoms with Crippen LogP contribution in [0.5, 0.6) is 0 Å². The number of methoxy groups -OCH3 is 1. The summed E-state index contributed by atoms with van der Waals surface area (Å²) in [6, 6.07) is 5.73. The van der Waals surface area contributed by atoms with Crippen molar-refractivity contribution in [2.24, 2.45) is 0 Å². The Labute approximate surface area is 147 Å². The summed E-state index contributed by atoms with van der Waals surface area (Å²) >= 11 is 1.28. The van der Waals surface area contributed by atoms with Gasteiger partial charge in [-0.1, -0.05) is 17.8 Å². The Kier molecular flexibility index (Phi) is 4.75. The molecule has 25 heavy (non-hydrogen) atoms. The molecule has 0 saturated heterocycles. The van der Waals surface area contributed by atoms with Crippen molar-refractivity contribution < 1.29 is 18.3 Å². The lowest BCUT2D eigenvalue weighted by Crippen LogP contribution is -2.12. The zero-order chi connectivity index (χ0) is 18.0. The number of hydrogen-bond acceptors (Lipinski definition) is 7. The lowest BCUT2D eigenvalue weighted by Gasteiger charge is -2.08. The maximum absolute atomic E-state index is 13.4. The maximum atomic E-state index is 13.4. The van der Waals surface area contributed by atoms with Gasteiger partial charge in [-0.05, 0) is 30.7 Å². The number of nitrogen functional groups attached to an aromatic ring is 1. The molecular weight excluding hydrogens is 347 g/mol. The normalized spacial score (nSPS) is 10.8. The first-order valence-electron chi connectivity index (χ1n) is 7.25. The van der Waals surface area contributed by atoms with E-state index in [1.807, 2.05) is 0 Å². The molecular formula is C16H15FN4O3S. The average Bonchev–Trinajstić information content (AvgIpc) is 3.18. The van der Waals surface area contributed by atoms with Crippen LogP contribution in [0.1, 0.15) is 21.7 Å². The molecule has 3 rings (SSSR count). The number of aryl methyl sites for hydroxylation is 1. The first-order valence-corrected chi connectivity index (χ1v) is 8.24. The Hall–Kier alpha value is -2.81. The molecule has 0 unspecified atom stereocenters. The largest absolute Gasteiger partial charge is 0.469 e. The maximum Gasteiger partial charge on any atom is 0.338 e. The third-order valence-corrected chi connectivity index (χ3v) is 4.59. The molecule has 0 aliphatic heterocycles. The molecule has 0 saturated carbocycles. The minimum atomic E-state index is -0.598. The predicted molar refractivity (Wildman–Crippen MR) is 89.9 cm³/mol. The van der Waals surface area contributed by atoms with E-state index in [2.05, 4.69) is 10.2 Å². The first kappa shape index (κ1) is 17.0. The van der Waals surface area contributed by atoms with E-state index in [4.69, 9.17) is 15.0 Å². The lowest BCUT2D eigenvalue weighted by atomic mass is 10.1. The summed E-state index contributed by atoms with van der Waals surface area (Å²) in [5.41, 5.74) is 1.53. The van der Waals surface area contributed by atoms with Gasteiger partial charge in [-0.15, -0.1) is 10.2 Å². The predicted octanol–water partition coefficient (Wildman–Crippen LogP) is 2.78. The number of ether oxygens (including phenoxy) is 1. The number of nitrogens with two attached hydrogens (primary N) is 1. The van der Waals surface area contributed by atoms with Crippen LogP contribution in [-0.2, 0) is 10.5 Å². The van der Waals surface area contributed by atoms with Gasteiger partial charge in [-0.3, -0.25) is 0 Å². The number of halogens is 1. The summed E-state index contributed by atoms with van der Waals surface area (Å²) in [5.74, 6) is 6.46. The third-order valence-electron chi connectivity index (χ3n) is 3.60. The fraction of sp³-hybridized carbons (Fsp3) is 0.188. The Balaban J connectivity index is 1.83. The smallest absolute Gasteiger partial charge is 0.338 e. The molecule has 2 N–H and O–H groups in total. The van der Waals surface area contributed by atoms with Gasteiger partial charge < -0.3 is 15.0 Å². The molecule has 3 aromatic rings. The number of thioether (sulfide) groups is 1. The Morgan fingerprint density at radius 3 is 2.88 bits per heavy atom. The highest BCUT2D eigenvalue weighted by Gasteiger charge is 2.18. The molecule has 0 aliphatic rings. The monoisotopic (exact) mass is 362 g/mol. The second-order valence-corrected chi connectivity index (χ2v) is 6.09. The van der Waals surface area contributed by atoms with Crippen molar-refractivity contribution >= 4 is 17.7 Å². The summed E-state index contributed by atoms with van der Waals surface area (Å²) in [6.07, 6.45) is 1.55. The molecule has 2 aromatic heterocycles. The molecule has 130 valence electrons. The van der Waals surface area contributed by atoms with Gasteiger partial charge in [0.15, 0.2) is 5.82 Å². The van der Waals surface area contributed by atoms with Gasteiger partial charge in [-0.2, -0.15) is 0 Å². The van der Waals surface area contributed by atoms with Crippen LogP contribution in [0.3, 0.4) is 0 Å². The number of benzene rings is 1. The number of hydrogen-bond donors (Lipinski definition) is 1. The average molecular weight is 362 g/mol. The van der Waals surface area contributed by atoms with E-state index < -0.39 is 11.8 Å². The molecule has 0 radical (unpaired) electrons. The van der Waals surface area contributed by atoms with Crippen molar-refractivity contribution in [2.45, 2.75) is 17.8 Å². The topological polar surface area (TPSA) is 96.2 Å². The summed E-state index contributed by atoms with van der Waals surface area (Å²) in [5, 5.41) is 8.59. The lowest BCUT2D eigenvalue weighted by molar-refractivity contribution is 0.0599. The number of esters is 1. The summed E-state index contributed by atoms with van der Waals surface area (Å²) in [4.78, 5) is 11.8. The van der Waals surface area contributed by atoms with Gasteiger partial charge in [-0.25, -0.2) is 13.9 Å². The van der Waals surface area contributed by atoms with Crippen LogP contribution < -0.4 is 5.84 Å².